The first-order valence-electron chi connectivity index (χ1n) is 5.87. The maximum Gasteiger partial charge on any atom is 0.148 e. The molecule has 1 aromatic carbocycles. The molecule has 94 valence electrons. The summed E-state index contributed by atoms with van der Waals surface area (Å²) < 4.78 is 1.91. The highest BCUT2D eigenvalue weighted by Gasteiger charge is 2.12. The van der Waals surface area contributed by atoms with Crippen LogP contribution in [0.25, 0.3) is 16.9 Å². The van der Waals surface area contributed by atoms with Crippen molar-refractivity contribution in [2.24, 2.45) is 5.73 Å². The molecule has 0 saturated carbocycles. The number of imidazole rings is 1. The fourth-order valence-corrected chi connectivity index (χ4v) is 2.21. The zero-order valence-electron chi connectivity index (χ0n) is 10.4. The minimum absolute atomic E-state index is 0.334. The van der Waals surface area contributed by atoms with Crippen LogP contribution in [-0.2, 0) is 0 Å². The first-order chi connectivity index (χ1) is 9.16. The molecular weight excluding hydrogens is 256 g/mol. The summed E-state index contributed by atoms with van der Waals surface area (Å²) in [6.45, 7) is 1.94. The number of para-hydroxylation sites is 2. The molecule has 0 amide bonds. The topological polar surface area (TPSA) is 56.7 Å². The fraction of sp³-hybridized carbons (Fsp3) is 0.0714. The average Bonchev–Trinajstić information content (AvgIpc) is 2.82. The molecule has 0 radical (unpaired) electrons. The molecule has 2 N–H and O–H groups in total. The third kappa shape index (κ3) is 1.98. The van der Waals surface area contributed by atoms with E-state index in [0.717, 1.165) is 28.1 Å². The summed E-state index contributed by atoms with van der Waals surface area (Å²) in [5.41, 5.74) is 9.34. The van der Waals surface area contributed by atoms with Crippen LogP contribution in [0, 0.1) is 6.92 Å². The summed E-state index contributed by atoms with van der Waals surface area (Å²) in [6, 6.07) is 11.7. The van der Waals surface area contributed by atoms with E-state index in [1.165, 1.54) is 0 Å². The van der Waals surface area contributed by atoms with Crippen molar-refractivity contribution in [2.45, 2.75) is 6.92 Å². The number of hydrogen-bond donors (Lipinski definition) is 1. The number of thiocarbonyl (C=S) groups is 1. The molecule has 5 heteroatoms. The third-order valence-corrected chi connectivity index (χ3v) is 3.18. The third-order valence-electron chi connectivity index (χ3n) is 2.96. The van der Waals surface area contributed by atoms with E-state index in [-0.39, 0.29) is 0 Å². The van der Waals surface area contributed by atoms with Gasteiger partial charge in [-0.25, -0.2) is 9.97 Å². The number of aryl methyl sites for hydroxylation is 1. The smallest absolute Gasteiger partial charge is 0.148 e. The molecule has 0 aliphatic rings. The van der Waals surface area contributed by atoms with Crippen LogP contribution >= 0.6 is 12.2 Å². The zero-order chi connectivity index (χ0) is 13.4. The normalized spacial score (nSPS) is 10.8. The molecular formula is C14H12N4S. The largest absolute Gasteiger partial charge is 0.389 e. The van der Waals surface area contributed by atoms with Crippen LogP contribution in [0.3, 0.4) is 0 Å². The molecule has 0 spiro atoms. The second kappa shape index (κ2) is 4.44. The molecule has 0 fully saturated rings. The Morgan fingerprint density at radius 2 is 2.00 bits per heavy atom. The van der Waals surface area contributed by atoms with Gasteiger partial charge in [-0.2, -0.15) is 0 Å². The van der Waals surface area contributed by atoms with Gasteiger partial charge >= 0.3 is 0 Å². The maximum absolute atomic E-state index is 5.77. The number of hydrogen-bond acceptors (Lipinski definition) is 3. The minimum atomic E-state index is 0.334. The Morgan fingerprint density at radius 3 is 2.79 bits per heavy atom. The molecule has 19 heavy (non-hydrogen) atoms. The monoisotopic (exact) mass is 268 g/mol. The van der Waals surface area contributed by atoms with Gasteiger partial charge in [0, 0.05) is 5.69 Å². The van der Waals surface area contributed by atoms with E-state index in [1.807, 2.05) is 47.9 Å². The lowest BCUT2D eigenvalue weighted by atomic mass is 10.2. The fourth-order valence-electron chi connectivity index (χ4n) is 2.05. The highest BCUT2D eigenvalue weighted by atomic mass is 32.1. The molecule has 3 rings (SSSR count). The summed E-state index contributed by atoms with van der Waals surface area (Å²) >= 11 is 5.09. The van der Waals surface area contributed by atoms with Gasteiger partial charge in [0.05, 0.1) is 16.6 Å². The molecule has 0 atom stereocenters. The average molecular weight is 268 g/mol. The Morgan fingerprint density at radius 1 is 1.21 bits per heavy atom. The predicted octanol–water partition coefficient (Wildman–Crippen LogP) is 2.36. The predicted molar refractivity (Wildman–Crippen MR) is 79.5 cm³/mol. The summed E-state index contributed by atoms with van der Waals surface area (Å²) in [4.78, 5) is 9.24. The van der Waals surface area contributed by atoms with Crippen LogP contribution in [0.4, 0.5) is 0 Å². The molecule has 4 nitrogen and oxygen atoms in total. The van der Waals surface area contributed by atoms with Crippen LogP contribution in [0.15, 0.2) is 42.7 Å². The standard InChI is InChI=1S/C14H12N4S/c1-9-6-7-10(13(15)19)14(17-9)18-8-16-11-4-2-3-5-12(11)18/h2-8H,1H3,(H2,15,19). The van der Waals surface area contributed by atoms with E-state index in [1.54, 1.807) is 6.33 Å². The Balaban J connectivity index is 2.32. The first-order valence-corrected chi connectivity index (χ1v) is 6.27. The molecule has 0 aliphatic heterocycles. The number of nitrogens with two attached hydrogens (primary N) is 1. The highest BCUT2D eigenvalue weighted by Crippen LogP contribution is 2.19. The van der Waals surface area contributed by atoms with Gasteiger partial charge in [0.2, 0.25) is 0 Å². The number of fused-ring (bicyclic) bond motifs is 1. The van der Waals surface area contributed by atoms with Crippen LogP contribution in [0.1, 0.15) is 11.3 Å². The lowest BCUT2D eigenvalue weighted by molar-refractivity contribution is 0.996. The van der Waals surface area contributed by atoms with Crippen LogP contribution in [0.5, 0.6) is 0 Å². The van der Waals surface area contributed by atoms with Crippen molar-refractivity contribution < 1.29 is 0 Å². The summed E-state index contributed by atoms with van der Waals surface area (Å²) in [5, 5.41) is 0. The van der Waals surface area contributed by atoms with Crippen molar-refractivity contribution in [2.75, 3.05) is 0 Å². The first kappa shape index (κ1) is 11.8. The van der Waals surface area contributed by atoms with Crippen molar-refractivity contribution >= 4 is 28.2 Å². The van der Waals surface area contributed by atoms with E-state index in [9.17, 15) is 0 Å². The quantitative estimate of drug-likeness (QED) is 0.725. The van der Waals surface area contributed by atoms with Crippen molar-refractivity contribution in [1.29, 1.82) is 0 Å². The minimum Gasteiger partial charge on any atom is -0.389 e. The molecule has 0 bridgehead atoms. The Hall–Kier alpha value is -2.27. The summed E-state index contributed by atoms with van der Waals surface area (Å²) in [7, 11) is 0. The molecule has 3 aromatic rings. The van der Waals surface area contributed by atoms with E-state index in [4.69, 9.17) is 18.0 Å². The molecule has 0 aliphatic carbocycles. The Labute approximate surface area is 115 Å². The SMILES string of the molecule is Cc1ccc(C(N)=S)c(-n2cnc3ccccc32)n1. The number of nitrogens with zero attached hydrogens (tertiary/aromatic N) is 3. The summed E-state index contributed by atoms with van der Waals surface area (Å²) in [5.74, 6) is 0.723. The van der Waals surface area contributed by atoms with Crippen LogP contribution in [-0.4, -0.2) is 19.5 Å². The van der Waals surface area contributed by atoms with E-state index >= 15 is 0 Å². The second-order valence-electron chi connectivity index (χ2n) is 4.29. The lowest BCUT2D eigenvalue weighted by Crippen LogP contribution is -2.14. The van der Waals surface area contributed by atoms with Crippen LogP contribution in [0.2, 0.25) is 0 Å². The van der Waals surface area contributed by atoms with Crippen molar-refractivity contribution in [3.8, 4) is 5.82 Å². The van der Waals surface area contributed by atoms with Gasteiger partial charge < -0.3 is 5.73 Å². The van der Waals surface area contributed by atoms with Crippen molar-refractivity contribution in [3.63, 3.8) is 0 Å². The Kier molecular flexibility index (Phi) is 2.76. The van der Waals surface area contributed by atoms with Gasteiger partial charge in [-0.3, -0.25) is 4.57 Å². The number of pyridine rings is 1. The van der Waals surface area contributed by atoms with Gasteiger partial charge in [-0.1, -0.05) is 24.4 Å². The summed E-state index contributed by atoms with van der Waals surface area (Å²) in [6.07, 6.45) is 1.74. The highest BCUT2D eigenvalue weighted by molar-refractivity contribution is 7.80. The molecule has 0 saturated heterocycles. The van der Waals surface area contributed by atoms with Gasteiger partial charge in [0.1, 0.15) is 17.1 Å². The van der Waals surface area contributed by atoms with Crippen molar-refractivity contribution in [1.82, 2.24) is 14.5 Å². The number of benzene rings is 1. The lowest BCUT2D eigenvalue weighted by Gasteiger charge is -2.10. The number of rotatable bonds is 2. The van der Waals surface area contributed by atoms with E-state index in [2.05, 4.69) is 9.97 Å². The van der Waals surface area contributed by atoms with E-state index in [0.29, 0.717) is 4.99 Å². The molecule has 2 heterocycles. The number of aromatic nitrogens is 3. The van der Waals surface area contributed by atoms with Gasteiger partial charge in [0.25, 0.3) is 0 Å². The van der Waals surface area contributed by atoms with Gasteiger partial charge in [-0.15, -0.1) is 0 Å². The second-order valence-corrected chi connectivity index (χ2v) is 4.73. The van der Waals surface area contributed by atoms with Crippen LogP contribution < -0.4 is 5.73 Å². The zero-order valence-corrected chi connectivity index (χ0v) is 11.2. The molecule has 0 unspecified atom stereocenters. The van der Waals surface area contributed by atoms with Gasteiger partial charge in [-0.05, 0) is 31.2 Å². The van der Waals surface area contributed by atoms with Crippen molar-refractivity contribution in [3.05, 3.63) is 54.0 Å². The molecule has 2 aromatic heterocycles. The Bertz CT molecular complexity index is 776. The van der Waals surface area contributed by atoms with Gasteiger partial charge in [0.15, 0.2) is 0 Å². The van der Waals surface area contributed by atoms with E-state index < -0.39 is 0 Å². The maximum atomic E-state index is 5.77.